The molecule has 3 aromatic heterocycles. The lowest BCUT2D eigenvalue weighted by Crippen LogP contribution is -1.97. The fourth-order valence-corrected chi connectivity index (χ4v) is 6.91. The van der Waals surface area contributed by atoms with Gasteiger partial charge in [-0.15, -0.1) is 0 Å². The first-order valence-electron chi connectivity index (χ1n) is 15.8. The smallest absolute Gasteiger partial charge is 0.145 e. The topological polar surface area (TPSA) is 44.1 Å². The lowest BCUT2D eigenvalue weighted by atomic mass is 9.98. The molecular formula is C43H26N2O2. The number of hydrogen-bond donors (Lipinski definition) is 0. The van der Waals surface area contributed by atoms with Crippen LogP contribution >= 0.6 is 0 Å². The summed E-state index contributed by atoms with van der Waals surface area (Å²) in [7, 11) is 0. The lowest BCUT2D eigenvalue weighted by Gasteiger charge is -2.10. The summed E-state index contributed by atoms with van der Waals surface area (Å²) in [6.07, 6.45) is 0. The Kier molecular flexibility index (Phi) is 5.54. The Labute approximate surface area is 269 Å². The summed E-state index contributed by atoms with van der Waals surface area (Å²) in [5.41, 5.74) is 12.3. The predicted octanol–water partition coefficient (Wildman–Crippen LogP) is 11.8. The zero-order valence-electron chi connectivity index (χ0n) is 25.2. The van der Waals surface area contributed by atoms with Crippen molar-refractivity contribution in [2.24, 2.45) is 0 Å². The number of imidazole rings is 1. The van der Waals surface area contributed by atoms with Crippen LogP contribution in [0.2, 0.25) is 0 Å². The molecule has 0 aliphatic rings. The molecule has 4 heteroatoms. The van der Waals surface area contributed by atoms with Crippen LogP contribution in [0.5, 0.6) is 0 Å². The summed E-state index contributed by atoms with van der Waals surface area (Å²) in [4.78, 5) is 5.14. The Bertz CT molecular complexity index is 2770. The molecule has 0 aliphatic carbocycles. The Morgan fingerprint density at radius 1 is 0.383 bits per heavy atom. The number of para-hydroxylation sites is 2. The molecule has 0 saturated heterocycles. The van der Waals surface area contributed by atoms with Gasteiger partial charge in [-0.25, -0.2) is 4.98 Å². The second-order valence-corrected chi connectivity index (χ2v) is 12.0. The molecule has 10 aromatic rings. The molecule has 47 heavy (non-hydrogen) atoms. The first kappa shape index (κ1) is 25.9. The van der Waals surface area contributed by atoms with Gasteiger partial charge in [-0.3, -0.25) is 4.57 Å². The van der Waals surface area contributed by atoms with Gasteiger partial charge in [0, 0.05) is 32.8 Å². The van der Waals surface area contributed by atoms with E-state index in [4.69, 9.17) is 13.8 Å². The van der Waals surface area contributed by atoms with E-state index in [9.17, 15) is 0 Å². The van der Waals surface area contributed by atoms with Crippen molar-refractivity contribution in [3.63, 3.8) is 0 Å². The first-order chi connectivity index (χ1) is 23.3. The van der Waals surface area contributed by atoms with Gasteiger partial charge in [0.15, 0.2) is 0 Å². The van der Waals surface area contributed by atoms with Crippen LogP contribution in [0.25, 0.3) is 94.2 Å². The molecule has 0 bridgehead atoms. The number of rotatable bonds is 4. The average molecular weight is 603 g/mol. The number of hydrogen-bond acceptors (Lipinski definition) is 3. The lowest BCUT2D eigenvalue weighted by molar-refractivity contribution is 0.664. The van der Waals surface area contributed by atoms with Gasteiger partial charge in [-0.1, -0.05) is 103 Å². The Morgan fingerprint density at radius 3 is 1.68 bits per heavy atom. The number of benzene rings is 7. The minimum Gasteiger partial charge on any atom is -0.456 e. The van der Waals surface area contributed by atoms with Crippen LogP contribution in [0.3, 0.4) is 0 Å². The van der Waals surface area contributed by atoms with Crippen LogP contribution in [-0.2, 0) is 0 Å². The third kappa shape index (κ3) is 4.12. The fraction of sp³-hybridized carbons (Fsp3) is 0. The molecule has 0 amide bonds. The molecule has 3 heterocycles. The Balaban J connectivity index is 1.03. The highest BCUT2D eigenvalue weighted by Gasteiger charge is 2.16. The van der Waals surface area contributed by atoms with Crippen LogP contribution in [0.1, 0.15) is 0 Å². The van der Waals surface area contributed by atoms with Gasteiger partial charge in [-0.05, 0) is 76.9 Å². The fourth-order valence-electron chi connectivity index (χ4n) is 6.91. The maximum atomic E-state index is 6.30. The maximum Gasteiger partial charge on any atom is 0.145 e. The molecule has 0 saturated carbocycles. The number of nitrogens with zero attached hydrogens (tertiary/aromatic N) is 2. The maximum absolute atomic E-state index is 6.30. The van der Waals surface area contributed by atoms with Crippen molar-refractivity contribution >= 4 is 54.9 Å². The van der Waals surface area contributed by atoms with E-state index in [1.54, 1.807) is 0 Å². The van der Waals surface area contributed by atoms with E-state index < -0.39 is 0 Å². The van der Waals surface area contributed by atoms with Crippen LogP contribution in [0.15, 0.2) is 167 Å². The van der Waals surface area contributed by atoms with Crippen molar-refractivity contribution in [2.75, 3.05) is 0 Å². The van der Waals surface area contributed by atoms with Crippen LogP contribution in [-0.4, -0.2) is 9.55 Å². The quantitative estimate of drug-likeness (QED) is 0.201. The number of fused-ring (bicyclic) bond motifs is 7. The summed E-state index contributed by atoms with van der Waals surface area (Å²) >= 11 is 0. The van der Waals surface area contributed by atoms with E-state index in [-0.39, 0.29) is 0 Å². The van der Waals surface area contributed by atoms with E-state index in [1.807, 2.05) is 30.3 Å². The van der Waals surface area contributed by atoms with Gasteiger partial charge in [0.05, 0.1) is 11.0 Å². The molecule has 0 aliphatic heterocycles. The highest BCUT2D eigenvalue weighted by molar-refractivity contribution is 6.15. The first-order valence-corrected chi connectivity index (χ1v) is 15.8. The van der Waals surface area contributed by atoms with Gasteiger partial charge in [0.25, 0.3) is 0 Å². The average Bonchev–Trinajstić information content (AvgIpc) is 3.81. The van der Waals surface area contributed by atoms with E-state index in [1.165, 1.54) is 0 Å². The molecule has 7 aromatic carbocycles. The number of aromatic nitrogens is 2. The molecule has 0 fully saturated rings. The van der Waals surface area contributed by atoms with Crippen LogP contribution in [0.4, 0.5) is 0 Å². The molecule has 0 radical (unpaired) electrons. The zero-order valence-corrected chi connectivity index (χ0v) is 25.2. The SMILES string of the molecule is c1ccc(-c2nc3cc(-c4ccc(-c5ccc6oc7cc8c(cc7c6c5)oc5ccccc58)cc4)ccc3n2-c2ccccc2)cc1. The predicted molar refractivity (Wildman–Crippen MR) is 192 cm³/mol. The molecule has 0 spiro atoms. The third-order valence-electron chi connectivity index (χ3n) is 9.22. The summed E-state index contributed by atoms with van der Waals surface area (Å²) in [5, 5.41) is 4.32. The van der Waals surface area contributed by atoms with E-state index in [0.717, 1.165) is 94.2 Å². The molecular weight excluding hydrogens is 576 g/mol. The Morgan fingerprint density at radius 2 is 0.936 bits per heavy atom. The largest absolute Gasteiger partial charge is 0.456 e. The van der Waals surface area contributed by atoms with Crippen LogP contribution < -0.4 is 0 Å². The Hall–Kier alpha value is -6.39. The minimum absolute atomic E-state index is 0.868. The molecule has 10 rings (SSSR count). The monoisotopic (exact) mass is 602 g/mol. The summed E-state index contributed by atoms with van der Waals surface area (Å²) in [5.74, 6) is 0.933. The normalized spacial score (nSPS) is 11.8. The highest BCUT2D eigenvalue weighted by Crippen LogP contribution is 2.38. The van der Waals surface area contributed by atoms with Gasteiger partial charge in [-0.2, -0.15) is 0 Å². The van der Waals surface area contributed by atoms with E-state index in [2.05, 4.69) is 132 Å². The molecule has 220 valence electrons. The van der Waals surface area contributed by atoms with Gasteiger partial charge in [0.2, 0.25) is 0 Å². The summed E-state index contributed by atoms with van der Waals surface area (Å²) in [6.45, 7) is 0. The minimum atomic E-state index is 0.868. The van der Waals surface area contributed by atoms with Crippen molar-refractivity contribution in [3.05, 3.63) is 158 Å². The second kappa shape index (κ2) is 10.1. The number of furan rings is 2. The summed E-state index contributed by atoms with van der Waals surface area (Å²) < 4.78 is 14.7. The van der Waals surface area contributed by atoms with Crippen molar-refractivity contribution in [2.45, 2.75) is 0 Å². The molecule has 4 nitrogen and oxygen atoms in total. The van der Waals surface area contributed by atoms with Crippen LogP contribution in [0, 0.1) is 0 Å². The standard InChI is InChI=1S/C43H26N2O2/c1-3-9-29(10-4-1)43-44-37-24-31(19-21-38(37)45(43)32-11-5-2-6-12-32)28-17-15-27(16-18-28)30-20-22-40-34(23-30)36-26-41-35(25-42(36)47-40)33-13-7-8-14-39(33)46-41/h1-26H. The molecule has 0 atom stereocenters. The van der Waals surface area contributed by atoms with E-state index in [0.29, 0.717) is 0 Å². The zero-order chi connectivity index (χ0) is 30.9. The van der Waals surface area contributed by atoms with E-state index >= 15 is 0 Å². The third-order valence-corrected chi connectivity index (χ3v) is 9.22. The van der Waals surface area contributed by atoms with Crippen molar-refractivity contribution in [1.82, 2.24) is 9.55 Å². The molecule has 0 N–H and O–H groups in total. The van der Waals surface area contributed by atoms with Crippen molar-refractivity contribution < 1.29 is 8.83 Å². The van der Waals surface area contributed by atoms with Crippen molar-refractivity contribution in [1.29, 1.82) is 0 Å². The highest BCUT2D eigenvalue weighted by atomic mass is 16.3. The molecule has 0 unspecified atom stereocenters. The summed E-state index contributed by atoms with van der Waals surface area (Å²) in [6, 6.07) is 54.9. The second-order valence-electron chi connectivity index (χ2n) is 12.0. The van der Waals surface area contributed by atoms with Crippen molar-refractivity contribution in [3.8, 4) is 39.3 Å². The van der Waals surface area contributed by atoms with Gasteiger partial charge in [0.1, 0.15) is 28.2 Å². The van der Waals surface area contributed by atoms with Gasteiger partial charge >= 0.3 is 0 Å². The van der Waals surface area contributed by atoms with Gasteiger partial charge < -0.3 is 8.83 Å².